The van der Waals surface area contributed by atoms with E-state index in [2.05, 4.69) is 5.32 Å². The third-order valence-corrected chi connectivity index (χ3v) is 5.35. The zero-order valence-corrected chi connectivity index (χ0v) is 17.8. The average Bonchev–Trinajstić information content (AvgIpc) is 2.70. The van der Waals surface area contributed by atoms with Gasteiger partial charge in [-0.1, -0.05) is 18.2 Å². The van der Waals surface area contributed by atoms with Gasteiger partial charge in [-0.2, -0.15) is 21.6 Å². The van der Waals surface area contributed by atoms with Crippen LogP contribution in [-0.2, 0) is 27.6 Å². The highest BCUT2D eigenvalue weighted by Gasteiger charge is 2.32. The average molecular weight is 460 g/mol. The molecule has 0 radical (unpaired) electrons. The number of halogens is 3. The van der Waals surface area contributed by atoms with Gasteiger partial charge in [0.25, 0.3) is 0 Å². The maximum absolute atomic E-state index is 12.9. The Bertz CT molecular complexity index is 996. The number of methoxy groups -OCH3 is 1. The van der Waals surface area contributed by atoms with E-state index in [0.717, 1.165) is 18.2 Å². The van der Waals surface area contributed by atoms with Crippen molar-refractivity contribution < 1.29 is 35.3 Å². The molecule has 0 aliphatic heterocycles. The second-order valence-electron chi connectivity index (χ2n) is 6.46. The molecule has 2 amide bonds. The van der Waals surface area contributed by atoms with Crippen molar-refractivity contribution in [1.29, 1.82) is 0 Å². The van der Waals surface area contributed by atoms with Gasteiger partial charge in [-0.25, -0.2) is 4.79 Å². The standard InChI is InChI=1S/C20H23F3N2O5S/c1-3-24-19(26)25(10-11-29-2)14-15-6-4-8-17(12-15)30-31(27,28)18-9-5-7-16(13-18)20(21,22)23/h4-9,12-13H,3,10-11,14H2,1-2H3,(H,24,26). The molecule has 0 spiro atoms. The van der Waals surface area contributed by atoms with E-state index in [4.69, 9.17) is 8.92 Å². The Balaban J connectivity index is 2.22. The molecule has 0 unspecified atom stereocenters. The van der Waals surface area contributed by atoms with Crippen molar-refractivity contribution in [2.45, 2.75) is 24.5 Å². The van der Waals surface area contributed by atoms with E-state index < -0.39 is 26.8 Å². The number of amides is 2. The van der Waals surface area contributed by atoms with Gasteiger partial charge < -0.3 is 19.1 Å². The number of carbonyl (C=O) groups is 1. The Hall–Kier alpha value is -2.79. The second kappa shape index (κ2) is 10.5. The van der Waals surface area contributed by atoms with Crippen LogP contribution in [0.1, 0.15) is 18.1 Å². The summed E-state index contributed by atoms with van der Waals surface area (Å²) in [4.78, 5) is 13.1. The Morgan fingerprint density at radius 3 is 2.48 bits per heavy atom. The Labute approximate surface area is 178 Å². The highest BCUT2D eigenvalue weighted by Crippen LogP contribution is 2.31. The summed E-state index contributed by atoms with van der Waals surface area (Å²) in [5.74, 6) is -0.0856. The van der Waals surface area contributed by atoms with Crippen LogP contribution in [0.15, 0.2) is 53.4 Å². The lowest BCUT2D eigenvalue weighted by Gasteiger charge is -2.22. The Kier molecular flexibility index (Phi) is 8.28. The fraction of sp³-hybridized carbons (Fsp3) is 0.350. The number of alkyl halides is 3. The van der Waals surface area contributed by atoms with E-state index in [-0.39, 0.29) is 18.3 Å². The maximum Gasteiger partial charge on any atom is 0.416 e. The summed E-state index contributed by atoms with van der Waals surface area (Å²) >= 11 is 0. The molecular formula is C20H23F3N2O5S. The first-order chi connectivity index (χ1) is 14.6. The normalized spacial score (nSPS) is 11.8. The molecular weight excluding hydrogens is 437 g/mol. The lowest BCUT2D eigenvalue weighted by Crippen LogP contribution is -2.41. The number of benzene rings is 2. The number of hydrogen-bond donors (Lipinski definition) is 1. The Morgan fingerprint density at radius 2 is 1.84 bits per heavy atom. The molecule has 0 aliphatic carbocycles. The van der Waals surface area contributed by atoms with Crippen LogP contribution in [0.2, 0.25) is 0 Å². The van der Waals surface area contributed by atoms with Gasteiger partial charge in [0.1, 0.15) is 10.6 Å². The summed E-state index contributed by atoms with van der Waals surface area (Å²) in [5.41, 5.74) is -0.527. The maximum atomic E-state index is 12.9. The SMILES string of the molecule is CCNC(=O)N(CCOC)Cc1cccc(OS(=O)(=O)c2cccc(C(F)(F)F)c2)c1. The van der Waals surface area contributed by atoms with Crippen molar-refractivity contribution in [1.82, 2.24) is 10.2 Å². The molecule has 0 heterocycles. The number of carbonyl (C=O) groups excluding carboxylic acids is 1. The van der Waals surface area contributed by atoms with Gasteiger partial charge in [0.15, 0.2) is 0 Å². The van der Waals surface area contributed by atoms with Gasteiger partial charge in [-0.3, -0.25) is 0 Å². The van der Waals surface area contributed by atoms with Gasteiger partial charge >= 0.3 is 22.3 Å². The van der Waals surface area contributed by atoms with Crippen LogP contribution in [0.25, 0.3) is 0 Å². The highest BCUT2D eigenvalue weighted by molar-refractivity contribution is 7.87. The van der Waals surface area contributed by atoms with Gasteiger partial charge in [-0.05, 0) is 42.8 Å². The van der Waals surface area contributed by atoms with Gasteiger partial charge in [0.2, 0.25) is 0 Å². The van der Waals surface area contributed by atoms with Crippen LogP contribution in [0, 0.1) is 0 Å². The largest absolute Gasteiger partial charge is 0.416 e. The molecule has 7 nitrogen and oxygen atoms in total. The number of urea groups is 1. The summed E-state index contributed by atoms with van der Waals surface area (Å²) in [7, 11) is -2.99. The molecule has 1 N–H and O–H groups in total. The van der Waals surface area contributed by atoms with E-state index in [1.165, 1.54) is 30.2 Å². The zero-order chi connectivity index (χ0) is 23.1. The molecule has 0 aliphatic rings. The quantitative estimate of drug-likeness (QED) is 0.578. The minimum absolute atomic E-state index is 0.0856. The molecule has 11 heteroatoms. The highest BCUT2D eigenvalue weighted by atomic mass is 32.2. The van der Waals surface area contributed by atoms with Crippen molar-refractivity contribution in [3.8, 4) is 5.75 Å². The van der Waals surface area contributed by atoms with Gasteiger partial charge in [-0.15, -0.1) is 0 Å². The van der Waals surface area contributed by atoms with Crippen LogP contribution < -0.4 is 9.50 Å². The molecule has 0 atom stereocenters. The number of nitrogens with one attached hydrogen (secondary N) is 1. The molecule has 2 aromatic carbocycles. The predicted molar refractivity (Wildman–Crippen MR) is 107 cm³/mol. The smallest absolute Gasteiger partial charge is 0.383 e. The van der Waals surface area contributed by atoms with Crippen LogP contribution >= 0.6 is 0 Å². The lowest BCUT2D eigenvalue weighted by atomic mass is 10.2. The number of hydrogen-bond acceptors (Lipinski definition) is 5. The second-order valence-corrected chi connectivity index (χ2v) is 8.01. The molecule has 2 aromatic rings. The van der Waals surface area contributed by atoms with Gasteiger partial charge in [0.05, 0.1) is 12.2 Å². The van der Waals surface area contributed by atoms with E-state index in [1.807, 2.05) is 0 Å². The number of rotatable bonds is 9. The van der Waals surface area contributed by atoms with Crippen LogP contribution in [0.4, 0.5) is 18.0 Å². The van der Waals surface area contributed by atoms with Crippen molar-refractivity contribution in [2.24, 2.45) is 0 Å². The molecule has 31 heavy (non-hydrogen) atoms. The van der Waals surface area contributed by atoms with E-state index in [9.17, 15) is 26.4 Å². The van der Waals surface area contributed by atoms with Crippen LogP contribution in [0.5, 0.6) is 5.75 Å². The lowest BCUT2D eigenvalue weighted by molar-refractivity contribution is -0.137. The molecule has 2 rings (SSSR count). The predicted octanol–water partition coefficient (Wildman–Crippen LogP) is 3.65. The van der Waals surface area contributed by atoms with Gasteiger partial charge in [0, 0.05) is 26.7 Å². The van der Waals surface area contributed by atoms with Crippen molar-refractivity contribution in [3.63, 3.8) is 0 Å². The zero-order valence-electron chi connectivity index (χ0n) is 17.0. The third kappa shape index (κ3) is 7.14. The van der Waals surface area contributed by atoms with E-state index in [1.54, 1.807) is 13.0 Å². The summed E-state index contributed by atoms with van der Waals surface area (Å²) in [6, 6.07) is 8.95. The summed E-state index contributed by atoms with van der Waals surface area (Å²) in [6.07, 6.45) is -4.68. The van der Waals surface area contributed by atoms with Crippen LogP contribution in [0.3, 0.4) is 0 Å². The fourth-order valence-electron chi connectivity index (χ4n) is 2.64. The van der Waals surface area contributed by atoms with Crippen molar-refractivity contribution >= 4 is 16.1 Å². The third-order valence-electron chi connectivity index (χ3n) is 4.11. The minimum atomic E-state index is -4.68. The number of nitrogens with zero attached hydrogens (tertiary/aromatic N) is 1. The first-order valence-corrected chi connectivity index (χ1v) is 10.7. The first-order valence-electron chi connectivity index (χ1n) is 9.29. The van der Waals surface area contributed by atoms with Crippen molar-refractivity contribution in [3.05, 3.63) is 59.7 Å². The van der Waals surface area contributed by atoms with Crippen molar-refractivity contribution in [2.75, 3.05) is 26.8 Å². The molecule has 0 saturated heterocycles. The van der Waals surface area contributed by atoms with E-state index in [0.29, 0.717) is 31.3 Å². The Morgan fingerprint density at radius 1 is 1.13 bits per heavy atom. The summed E-state index contributed by atoms with van der Waals surface area (Å²) < 4.78 is 73.6. The topological polar surface area (TPSA) is 84.9 Å². The molecule has 0 fully saturated rings. The number of ether oxygens (including phenoxy) is 1. The molecule has 0 aromatic heterocycles. The minimum Gasteiger partial charge on any atom is -0.383 e. The molecule has 170 valence electrons. The van der Waals surface area contributed by atoms with E-state index >= 15 is 0 Å². The molecule has 0 saturated carbocycles. The fourth-order valence-corrected chi connectivity index (χ4v) is 3.61. The summed E-state index contributed by atoms with van der Waals surface area (Å²) in [5, 5.41) is 2.68. The van der Waals surface area contributed by atoms with Crippen LogP contribution in [-0.4, -0.2) is 46.2 Å². The summed E-state index contributed by atoms with van der Waals surface area (Å²) in [6.45, 7) is 2.96. The molecule has 0 bridgehead atoms. The monoisotopic (exact) mass is 460 g/mol. The first kappa shape index (κ1) is 24.5.